The van der Waals surface area contributed by atoms with Crippen molar-refractivity contribution in [3.8, 4) is 5.75 Å². The number of ether oxygens (including phenoxy) is 1. The fraction of sp³-hybridized carbons (Fsp3) is 0.500. The molecule has 0 amide bonds. The van der Waals surface area contributed by atoms with Gasteiger partial charge in [-0.1, -0.05) is 0 Å². The molecular formula is C16H24INO. The number of likely N-dealkylation sites (N-methyl/N-ethyl adjacent to an activating group) is 1. The molecule has 106 valence electrons. The molecule has 0 fully saturated rings. The zero-order valence-electron chi connectivity index (χ0n) is 12.7. The van der Waals surface area contributed by atoms with Crippen LogP contribution in [0.2, 0.25) is 0 Å². The van der Waals surface area contributed by atoms with Crippen molar-refractivity contribution in [2.24, 2.45) is 0 Å². The molecule has 1 heterocycles. The minimum atomic E-state index is 0. The average Bonchev–Trinajstić information content (AvgIpc) is 2.27. The lowest BCUT2D eigenvalue weighted by Crippen LogP contribution is -3.00. The number of allylic oxidation sites excluding steroid dienone is 1. The quantitative estimate of drug-likeness (QED) is 0.552. The first kappa shape index (κ1) is 16.5. The molecule has 0 bridgehead atoms. The van der Waals surface area contributed by atoms with Crippen LogP contribution in [0.15, 0.2) is 24.3 Å². The summed E-state index contributed by atoms with van der Waals surface area (Å²) in [6.45, 7) is 9.50. The van der Waals surface area contributed by atoms with Crippen LogP contribution in [-0.2, 0) is 0 Å². The summed E-state index contributed by atoms with van der Waals surface area (Å²) in [5, 5.41) is 0. The van der Waals surface area contributed by atoms with Gasteiger partial charge in [0.1, 0.15) is 17.0 Å². The van der Waals surface area contributed by atoms with Crippen LogP contribution < -0.4 is 33.2 Å². The van der Waals surface area contributed by atoms with Crippen LogP contribution in [-0.4, -0.2) is 26.2 Å². The van der Waals surface area contributed by atoms with E-state index in [1.54, 1.807) is 0 Å². The van der Waals surface area contributed by atoms with E-state index in [2.05, 4.69) is 59.1 Å². The zero-order valence-corrected chi connectivity index (χ0v) is 14.9. The van der Waals surface area contributed by atoms with Crippen molar-refractivity contribution in [3.05, 3.63) is 29.8 Å². The number of benzene rings is 1. The predicted octanol–water partition coefficient (Wildman–Crippen LogP) is 0.852. The number of quaternary nitrogens is 1. The van der Waals surface area contributed by atoms with Crippen LogP contribution in [0, 0.1) is 0 Å². The van der Waals surface area contributed by atoms with Gasteiger partial charge in [0.15, 0.2) is 0 Å². The second kappa shape index (κ2) is 5.44. The maximum Gasteiger partial charge on any atom is 0.144 e. The van der Waals surface area contributed by atoms with Crippen molar-refractivity contribution in [2.75, 3.05) is 20.7 Å². The van der Waals surface area contributed by atoms with Crippen LogP contribution in [0.3, 0.4) is 0 Å². The van der Waals surface area contributed by atoms with Crippen molar-refractivity contribution in [1.82, 2.24) is 4.48 Å². The third-order valence-corrected chi connectivity index (χ3v) is 4.32. The molecule has 1 aliphatic rings. The Morgan fingerprint density at radius 3 is 2.42 bits per heavy atom. The maximum absolute atomic E-state index is 5.64. The Morgan fingerprint density at radius 2 is 1.84 bits per heavy atom. The molecule has 1 aromatic rings. The predicted molar refractivity (Wildman–Crippen MR) is 79.0 cm³/mol. The van der Waals surface area contributed by atoms with Gasteiger partial charge in [-0.15, -0.1) is 0 Å². The summed E-state index contributed by atoms with van der Waals surface area (Å²) in [5.41, 5.74) is 4.13. The number of hydrogen-bond acceptors (Lipinski definition) is 1. The zero-order chi connectivity index (χ0) is 13.6. The molecule has 2 rings (SSSR count). The van der Waals surface area contributed by atoms with Gasteiger partial charge in [-0.2, -0.15) is 0 Å². The van der Waals surface area contributed by atoms with E-state index in [0.717, 1.165) is 10.2 Å². The van der Waals surface area contributed by atoms with Gasteiger partial charge in [0.05, 0.1) is 20.7 Å². The fourth-order valence-corrected chi connectivity index (χ4v) is 2.64. The Morgan fingerprint density at radius 1 is 1.21 bits per heavy atom. The number of nitrogens with zero attached hydrogens (tertiary/aromatic N) is 1. The third-order valence-electron chi connectivity index (χ3n) is 4.32. The molecule has 0 spiro atoms. The summed E-state index contributed by atoms with van der Waals surface area (Å²) >= 11 is 0. The smallest absolute Gasteiger partial charge is 0.144 e. The first-order chi connectivity index (χ1) is 8.29. The van der Waals surface area contributed by atoms with Gasteiger partial charge in [0.25, 0.3) is 0 Å². The molecule has 1 aromatic carbocycles. The van der Waals surface area contributed by atoms with Crippen LogP contribution in [0.25, 0.3) is 5.57 Å². The van der Waals surface area contributed by atoms with E-state index in [0.29, 0.717) is 6.61 Å². The minimum absolute atomic E-state index is 0. The van der Waals surface area contributed by atoms with Gasteiger partial charge in [-0.3, -0.25) is 4.48 Å². The second-order valence-electron chi connectivity index (χ2n) is 6.05. The van der Waals surface area contributed by atoms with Crippen LogP contribution in [0.1, 0.15) is 33.3 Å². The van der Waals surface area contributed by atoms with E-state index >= 15 is 0 Å². The maximum atomic E-state index is 5.64. The highest BCUT2D eigenvalue weighted by molar-refractivity contribution is 5.79. The van der Waals surface area contributed by atoms with E-state index in [1.807, 2.05) is 6.92 Å². The molecule has 2 nitrogen and oxygen atoms in total. The summed E-state index contributed by atoms with van der Waals surface area (Å²) in [4.78, 5) is 0. The molecule has 0 saturated heterocycles. The van der Waals surface area contributed by atoms with Gasteiger partial charge < -0.3 is 28.7 Å². The van der Waals surface area contributed by atoms with Crippen LogP contribution in [0.4, 0.5) is 5.69 Å². The van der Waals surface area contributed by atoms with E-state index in [9.17, 15) is 0 Å². The standard InChI is InChI=1S/C16H24NO.HI/c1-7-18-13-8-9-14-12(2)11-16(3,4)17(5,6)15(14)10-13;/h8-11H,7H2,1-6H3;1H/q+1;/p-1. The molecule has 0 N–H and O–H groups in total. The Balaban J connectivity index is 0.00000180. The van der Waals surface area contributed by atoms with Crippen molar-refractivity contribution in [1.29, 1.82) is 0 Å². The fourth-order valence-electron chi connectivity index (χ4n) is 2.64. The Hall–Kier alpha value is -0.550. The molecule has 0 unspecified atom stereocenters. The van der Waals surface area contributed by atoms with E-state index < -0.39 is 0 Å². The van der Waals surface area contributed by atoms with Crippen molar-refractivity contribution >= 4 is 11.3 Å². The Labute approximate surface area is 134 Å². The first-order valence-electron chi connectivity index (χ1n) is 6.61. The number of rotatable bonds is 2. The van der Waals surface area contributed by atoms with Gasteiger partial charge in [-0.25, -0.2) is 0 Å². The lowest BCUT2D eigenvalue weighted by Gasteiger charge is -2.46. The molecule has 1 aliphatic heterocycles. The molecule has 3 heteroatoms. The van der Waals surface area contributed by atoms with E-state index in [1.165, 1.54) is 16.8 Å². The molecular weight excluding hydrogens is 349 g/mol. The van der Waals surface area contributed by atoms with Crippen LogP contribution >= 0.6 is 0 Å². The number of halogens is 1. The van der Waals surface area contributed by atoms with Gasteiger partial charge >= 0.3 is 0 Å². The summed E-state index contributed by atoms with van der Waals surface area (Å²) in [6.07, 6.45) is 2.37. The van der Waals surface area contributed by atoms with Gasteiger partial charge in [0, 0.05) is 11.6 Å². The monoisotopic (exact) mass is 373 g/mol. The van der Waals surface area contributed by atoms with Crippen molar-refractivity contribution in [3.63, 3.8) is 0 Å². The lowest BCUT2D eigenvalue weighted by atomic mass is 9.87. The van der Waals surface area contributed by atoms with Gasteiger partial charge in [-0.05, 0) is 51.5 Å². The highest BCUT2D eigenvalue weighted by Gasteiger charge is 2.42. The molecule has 0 aromatic heterocycles. The first-order valence-corrected chi connectivity index (χ1v) is 6.61. The summed E-state index contributed by atoms with van der Waals surface area (Å²) in [7, 11) is 4.52. The Kier molecular flexibility index (Phi) is 4.73. The molecule has 0 atom stereocenters. The summed E-state index contributed by atoms with van der Waals surface area (Å²) in [5.74, 6) is 0.966. The Bertz CT molecular complexity index is 503. The highest BCUT2D eigenvalue weighted by atomic mass is 127. The molecule has 0 saturated carbocycles. The third kappa shape index (κ3) is 2.68. The molecule has 19 heavy (non-hydrogen) atoms. The normalized spacial score (nSPS) is 18.9. The van der Waals surface area contributed by atoms with E-state index in [-0.39, 0.29) is 29.5 Å². The van der Waals surface area contributed by atoms with Crippen LogP contribution in [0.5, 0.6) is 5.75 Å². The van der Waals surface area contributed by atoms with E-state index in [4.69, 9.17) is 4.74 Å². The SMILES string of the molecule is CCOc1ccc2c(c1)[N+](C)(C)C(C)(C)C=C2C.[I-]. The molecule has 0 radical (unpaired) electrons. The number of hydrogen-bond donors (Lipinski definition) is 0. The summed E-state index contributed by atoms with van der Waals surface area (Å²) < 4.78 is 6.49. The number of fused-ring (bicyclic) bond motifs is 1. The lowest BCUT2D eigenvalue weighted by molar-refractivity contribution is -0.00000468. The summed E-state index contributed by atoms with van der Waals surface area (Å²) in [6, 6.07) is 6.44. The van der Waals surface area contributed by atoms with Crippen molar-refractivity contribution < 1.29 is 28.7 Å². The average molecular weight is 373 g/mol. The minimum Gasteiger partial charge on any atom is -1.00 e. The van der Waals surface area contributed by atoms with Crippen molar-refractivity contribution in [2.45, 2.75) is 33.2 Å². The largest absolute Gasteiger partial charge is 1.00 e. The topological polar surface area (TPSA) is 9.23 Å². The molecule has 0 aliphatic carbocycles. The second-order valence-corrected chi connectivity index (χ2v) is 6.05. The van der Waals surface area contributed by atoms with Gasteiger partial charge in [0.2, 0.25) is 0 Å². The highest BCUT2D eigenvalue weighted by Crippen LogP contribution is 2.43.